The summed E-state index contributed by atoms with van der Waals surface area (Å²) in [5, 5.41) is 0. The van der Waals surface area contributed by atoms with Crippen LogP contribution in [-0.4, -0.2) is 0 Å². The molecule has 11 heavy (non-hydrogen) atoms. The molecule has 0 spiro atoms. The van der Waals surface area contributed by atoms with Crippen LogP contribution in [0.15, 0.2) is 0 Å². The van der Waals surface area contributed by atoms with E-state index in [1.54, 1.807) is 0 Å². The molecule has 1 saturated carbocycles. The van der Waals surface area contributed by atoms with Gasteiger partial charge in [0, 0.05) is 0 Å². The van der Waals surface area contributed by atoms with E-state index in [1.165, 1.54) is 6.42 Å². The molecule has 0 amide bonds. The van der Waals surface area contributed by atoms with Crippen molar-refractivity contribution < 1.29 is 0 Å². The predicted molar refractivity (Wildman–Crippen MR) is 50.5 cm³/mol. The second kappa shape index (κ2) is 2.24. The molecule has 0 heteroatoms. The van der Waals surface area contributed by atoms with Gasteiger partial charge in [-0.25, -0.2) is 0 Å². The smallest absolute Gasteiger partial charge is 0.0298 e. The van der Waals surface area contributed by atoms with E-state index in [2.05, 4.69) is 41.5 Å². The normalized spacial score (nSPS) is 40.9. The minimum absolute atomic E-state index is 0.545. The summed E-state index contributed by atoms with van der Waals surface area (Å²) in [5.74, 6) is 1.73. The summed E-state index contributed by atoms with van der Waals surface area (Å²) in [5.41, 5.74) is 1.10. The first kappa shape index (κ1) is 9.09. The van der Waals surface area contributed by atoms with Gasteiger partial charge in [0.2, 0.25) is 0 Å². The molecule has 0 aromatic heterocycles. The van der Waals surface area contributed by atoms with Gasteiger partial charge in [-0.2, -0.15) is 0 Å². The first-order valence-electron chi connectivity index (χ1n) is 4.78. The molecule has 1 aliphatic rings. The maximum absolute atomic E-state index is 2.41. The second-order valence-corrected chi connectivity index (χ2v) is 5.64. The zero-order valence-corrected chi connectivity index (χ0v) is 8.86. The molecule has 2 atom stereocenters. The fraction of sp³-hybridized carbons (Fsp3) is 1.00. The quantitative estimate of drug-likeness (QED) is 0.499. The van der Waals surface area contributed by atoms with E-state index >= 15 is 0 Å². The second-order valence-electron chi connectivity index (χ2n) is 5.64. The first-order chi connectivity index (χ1) is 4.78. The first-order valence-corrected chi connectivity index (χ1v) is 4.78. The minimum atomic E-state index is 0.545. The van der Waals surface area contributed by atoms with Gasteiger partial charge in [0.25, 0.3) is 0 Å². The van der Waals surface area contributed by atoms with Gasteiger partial charge in [-0.05, 0) is 29.1 Å². The zero-order valence-electron chi connectivity index (χ0n) is 8.86. The van der Waals surface area contributed by atoms with Crippen molar-refractivity contribution in [3.63, 3.8) is 0 Å². The highest BCUT2D eigenvalue weighted by atomic mass is 14.5. The van der Waals surface area contributed by atoms with Crippen LogP contribution in [0.4, 0.5) is 0 Å². The Kier molecular flexibility index (Phi) is 1.85. The Morgan fingerprint density at radius 1 is 1.00 bits per heavy atom. The van der Waals surface area contributed by atoms with E-state index in [0.29, 0.717) is 10.8 Å². The molecule has 0 saturated heterocycles. The highest BCUT2D eigenvalue weighted by Gasteiger charge is 2.48. The molecular weight excluding hydrogens is 132 g/mol. The van der Waals surface area contributed by atoms with Gasteiger partial charge in [0.15, 0.2) is 0 Å². The van der Waals surface area contributed by atoms with Crippen LogP contribution in [0.3, 0.4) is 0 Å². The van der Waals surface area contributed by atoms with E-state index in [-0.39, 0.29) is 0 Å². The summed E-state index contributed by atoms with van der Waals surface area (Å²) in [4.78, 5) is 0. The molecule has 66 valence electrons. The van der Waals surface area contributed by atoms with Crippen molar-refractivity contribution in [3.05, 3.63) is 0 Å². The lowest BCUT2D eigenvalue weighted by molar-refractivity contribution is 0.159. The predicted octanol–water partition coefficient (Wildman–Crippen LogP) is 3.71. The van der Waals surface area contributed by atoms with Gasteiger partial charge in [-0.1, -0.05) is 41.5 Å². The Morgan fingerprint density at radius 2 is 1.45 bits per heavy atom. The Hall–Kier alpha value is 0. The third kappa shape index (κ3) is 1.21. The Labute approximate surface area is 71.4 Å². The highest BCUT2D eigenvalue weighted by Crippen LogP contribution is 2.56. The van der Waals surface area contributed by atoms with Crippen molar-refractivity contribution in [2.45, 2.75) is 48.0 Å². The van der Waals surface area contributed by atoms with Crippen LogP contribution in [0.2, 0.25) is 0 Å². The van der Waals surface area contributed by atoms with Crippen LogP contribution in [-0.2, 0) is 0 Å². The Balaban J connectivity index is 2.89. The van der Waals surface area contributed by atoms with Crippen molar-refractivity contribution in [2.24, 2.45) is 22.7 Å². The molecule has 0 radical (unpaired) electrons. The molecule has 1 aliphatic carbocycles. The average molecular weight is 154 g/mol. The highest BCUT2D eigenvalue weighted by molar-refractivity contribution is 4.97. The van der Waals surface area contributed by atoms with Crippen LogP contribution in [0.1, 0.15) is 48.0 Å². The largest absolute Gasteiger partial charge is 0.0620 e. The van der Waals surface area contributed by atoms with Crippen molar-refractivity contribution in [3.8, 4) is 0 Å². The fourth-order valence-electron chi connectivity index (χ4n) is 2.66. The summed E-state index contributed by atoms with van der Waals surface area (Å²) in [7, 11) is 0. The summed E-state index contributed by atoms with van der Waals surface area (Å²) >= 11 is 0. The lowest BCUT2D eigenvalue weighted by Gasteiger charge is -2.33. The maximum atomic E-state index is 2.41. The Morgan fingerprint density at radius 3 is 1.55 bits per heavy atom. The van der Waals surface area contributed by atoms with Crippen molar-refractivity contribution in [1.82, 2.24) is 0 Å². The summed E-state index contributed by atoms with van der Waals surface area (Å²) in [6, 6.07) is 0. The molecule has 0 N–H and O–H groups in total. The topological polar surface area (TPSA) is 0 Å². The number of rotatable bonds is 0. The van der Waals surface area contributed by atoms with Crippen LogP contribution in [0.5, 0.6) is 0 Å². The van der Waals surface area contributed by atoms with Crippen molar-refractivity contribution in [1.29, 1.82) is 0 Å². The van der Waals surface area contributed by atoms with Crippen LogP contribution in [0.25, 0.3) is 0 Å². The van der Waals surface area contributed by atoms with Crippen molar-refractivity contribution >= 4 is 0 Å². The van der Waals surface area contributed by atoms with Gasteiger partial charge in [-0.3, -0.25) is 0 Å². The SMILES string of the molecule is CC1CC(C)(C)C(C)C1(C)C. The van der Waals surface area contributed by atoms with Gasteiger partial charge in [0.1, 0.15) is 0 Å². The van der Waals surface area contributed by atoms with Gasteiger partial charge < -0.3 is 0 Å². The fourth-order valence-corrected chi connectivity index (χ4v) is 2.66. The van der Waals surface area contributed by atoms with Crippen LogP contribution >= 0.6 is 0 Å². The molecule has 2 unspecified atom stereocenters. The molecule has 0 bridgehead atoms. The third-order valence-corrected chi connectivity index (χ3v) is 4.39. The summed E-state index contributed by atoms with van der Waals surface area (Å²) in [6.45, 7) is 14.4. The van der Waals surface area contributed by atoms with Gasteiger partial charge in [0.05, 0.1) is 0 Å². The van der Waals surface area contributed by atoms with E-state index in [9.17, 15) is 0 Å². The molecule has 0 heterocycles. The number of hydrogen-bond donors (Lipinski definition) is 0. The molecular formula is C11H22. The van der Waals surface area contributed by atoms with E-state index in [0.717, 1.165) is 11.8 Å². The summed E-state index contributed by atoms with van der Waals surface area (Å²) < 4.78 is 0. The van der Waals surface area contributed by atoms with Crippen LogP contribution < -0.4 is 0 Å². The zero-order chi connectivity index (χ0) is 8.86. The molecule has 0 aliphatic heterocycles. The third-order valence-electron chi connectivity index (χ3n) is 4.39. The lowest BCUT2D eigenvalue weighted by atomic mass is 9.72. The average Bonchev–Trinajstić information content (AvgIpc) is 1.94. The molecule has 0 aromatic carbocycles. The Bertz CT molecular complexity index is 153. The summed E-state index contributed by atoms with van der Waals surface area (Å²) in [6.07, 6.45) is 1.39. The minimum Gasteiger partial charge on any atom is -0.0620 e. The van der Waals surface area contributed by atoms with Gasteiger partial charge in [-0.15, -0.1) is 0 Å². The molecule has 0 aromatic rings. The maximum Gasteiger partial charge on any atom is -0.0298 e. The van der Waals surface area contributed by atoms with E-state index in [4.69, 9.17) is 0 Å². The molecule has 0 nitrogen and oxygen atoms in total. The monoisotopic (exact) mass is 154 g/mol. The number of hydrogen-bond acceptors (Lipinski definition) is 0. The standard InChI is InChI=1S/C11H22/c1-8-7-10(3,4)9(2)11(8,5)6/h8-9H,7H2,1-6H3. The molecule has 1 fully saturated rings. The van der Waals surface area contributed by atoms with E-state index < -0.39 is 0 Å². The molecule has 1 rings (SSSR count). The van der Waals surface area contributed by atoms with Crippen LogP contribution in [0, 0.1) is 22.7 Å². The van der Waals surface area contributed by atoms with Gasteiger partial charge >= 0.3 is 0 Å². The van der Waals surface area contributed by atoms with E-state index in [1.807, 2.05) is 0 Å². The lowest BCUT2D eigenvalue weighted by Crippen LogP contribution is -2.26. The van der Waals surface area contributed by atoms with Crippen molar-refractivity contribution in [2.75, 3.05) is 0 Å².